The average molecular weight is 381 g/mol. The van der Waals surface area contributed by atoms with Crippen LogP contribution in [0.1, 0.15) is 6.42 Å². The first-order valence-electron chi connectivity index (χ1n) is 5.78. The number of fused-ring (bicyclic) bond motifs is 5. The normalized spacial score (nSPS) is 45.8. The Labute approximate surface area is 120 Å². The van der Waals surface area contributed by atoms with Crippen molar-refractivity contribution in [2.24, 2.45) is 23.7 Å². The number of nitrogens with zero attached hydrogens (tertiary/aromatic N) is 1. The molecule has 1 saturated heterocycles. The second kappa shape index (κ2) is 4.03. The van der Waals surface area contributed by atoms with E-state index in [1.165, 1.54) is 0 Å². The second-order valence-corrected chi connectivity index (χ2v) is 7.27. The van der Waals surface area contributed by atoms with Crippen molar-refractivity contribution in [2.45, 2.75) is 16.1 Å². The predicted molar refractivity (Wildman–Crippen MR) is 68.4 cm³/mol. The van der Waals surface area contributed by atoms with Crippen molar-refractivity contribution >= 4 is 49.6 Å². The largest absolute Gasteiger partial charge is 0.480 e. The Bertz CT molecular complexity index is 422. The molecule has 98 valence electrons. The summed E-state index contributed by atoms with van der Waals surface area (Å²) in [5.41, 5.74) is 0. The fourth-order valence-corrected chi connectivity index (χ4v) is 5.58. The van der Waals surface area contributed by atoms with E-state index in [0.717, 1.165) is 11.3 Å². The molecule has 5 nitrogen and oxygen atoms in total. The lowest BCUT2D eigenvalue weighted by Gasteiger charge is -2.28. The third-order valence-electron chi connectivity index (χ3n) is 4.37. The average Bonchev–Trinajstić information content (AvgIpc) is 2.88. The highest BCUT2D eigenvalue weighted by molar-refractivity contribution is 9.12. The van der Waals surface area contributed by atoms with E-state index >= 15 is 0 Å². The van der Waals surface area contributed by atoms with Crippen molar-refractivity contribution in [2.75, 3.05) is 6.54 Å². The zero-order valence-corrected chi connectivity index (χ0v) is 12.4. The van der Waals surface area contributed by atoms with Crippen LogP contribution in [-0.2, 0) is 14.4 Å². The Hall–Kier alpha value is -0.430. The van der Waals surface area contributed by atoms with Crippen molar-refractivity contribution in [1.82, 2.24) is 4.90 Å². The number of carboxylic acids is 1. The second-order valence-electron chi connectivity index (χ2n) is 5.16. The number of hydrogen-bond donors (Lipinski definition) is 1. The molecule has 0 aromatic rings. The standard InChI is InChI=1S/C11H11Br2NO4/c12-8-3-1-4(9(8)13)7-6(3)10(17)14(11(7)18)2-5(15)16/h3-4,6-9H,1-2H2,(H,15,16)/t3-,4+,6-,7-,8+,9+/m0/s1. The molecule has 0 aromatic heterocycles. The maximum atomic E-state index is 12.2. The summed E-state index contributed by atoms with van der Waals surface area (Å²) in [6.07, 6.45) is 0.861. The Morgan fingerprint density at radius 3 is 2.00 bits per heavy atom. The molecule has 2 amide bonds. The van der Waals surface area contributed by atoms with Crippen molar-refractivity contribution in [1.29, 1.82) is 0 Å². The molecule has 6 atom stereocenters. The number of hydrogen-bond acceptors (Lipinski definition) is 3. The maximum absolute atomic E-state index is 12.2. The van der Waals surface area contributed by atoms with Gasteiger partial charge < -0.3 is 5.11 Å². The predicted octanol–water partition coefficient (Wildman–Crippen LogP) is 0.849. The summed E-state index contributed by atoms with van der Waals surface area (Å²) in [6.45, 7) is -0.510. The molecule has 18 heavy (non-hydrogen) atoms. The fraction of sp³-hybridized carbons (Fsp3) is 0.727. The smallest absolute Gasteiger partial charge is 0.323 e. The minimum absolute atomic E-state index is 0.139. The highest BCUT2D eigenvalue weighted by atomic mass is 79.9. The summed E-state index contributed by atoms with van der Waals surface area (Å²) in [5.74, 6) is -2.11. The Morgan fingerprint density at radius 2 is 1.61 bits per heavy atom. The van der Waals surface area contributed by atoms with Gasteiger partial charge in [-0.05, 0) is 18.3 Å². The van der Waals surface area contributed by atoms with E-state index in [0.29, 0.717) is 0 Å². The number of alkyl halides is 2. The van der Waals surface area contributed by atoms with Gasteiger partial charge in [0.15, 0.2) is 0 Å². The molecule has 0 unspecified atom stereocenters. The van der Waals surface area contributed by atoms with Crippen LogP contribution < -0.4 is 0 Å². The molecule has 1 heterocycles. The monoisotopic (exact) mass is 379 g/mol. The molecule has 2 saturated carbocycles. The first kappa shape index (κ1) is 12.6. The van der Waals surface area contributed by atoms with Gasteiger partial charge in [0.2, 0.25) is 11.8 Å². The van der Waals surface area contributed by atoms with Crippen LogP contribution in [-0.4, -0.2) is 44.0 Å². The molecule has 0 spiro atoms. The van der Waals surface area contributed by atoms with Crippen molar-refractivity contribution < 1.29 is 19.5 Å². The van der Waals surface area contributed by atoms with Crippen LogP contribution in [0.3, 0.4) is 0 Å². The number of amides is 2. The molecule has 0 aromatic carbocycles. The highest BCUT2D eigenvalue weighted by Crippen LogP contribution is 2.60. The fourth-order valence-electron chi connectivity index (χ4n) is 3.70. The van der Waals surface area contributed by atoms with Crippen LogP contribution in [0.2, 0.25) is 0 Å². The molecular formula is C11H11Br2NO4. The lowest BCUT2D eigenvalue weighted by atomic mass is 9.81. The number of carboxylic acid groups (broad SMARTS) is 1. The van der Waals surface area contributed by atoms with E-state index in [1.807, 2.05) is 0 Å². The van der Waals surface area contributed by atoms with Crippen molar-refractivity contribution in [3.63, 3.8) is 0 Å². The highest BCUT2D eigenvalue weighted by Gasteiger charge is 2.66. The molecule has 3 rings (SSSR count). The molecule has 3 aliphatic rings. The number of carbonyl (C=O) groups is 3. The number of carbonyl (C=O) groups excluding carboxylic acids is 2. The number of imide groups is 1. The van der Waals surface area contributed by atoms with Crippen LogP contribution in [0.4, 0.5) is 0 Å². The minimum Gasteiger partial charge on any atom is -0.480 e. The van der Waals surface area contributed by atoms with Crippen molar-refractivity contribution in [3.8, 4) is 0 Å². The number of rotatable bonds is 2. The quantitative estimate of drug-likeness (QED) is 0.569. The Balaban J connectivity index is 1.92. The molecular weight excluding hydrogens is 370 g/mol. The van der Waals surface area contributed by atoms with Gasteiger partial charge in [-0.3, -0.25) is 19.3 Å². The van der Waals surface area contributed by atoms with Gasteiger partial charge in [-0.1, -0.05) is 31.9 Å². The van der Waals surface area contributed by atoms with Crippen LogP contribution in [0.5, 0.6) is 0 Å². The van der Waals surface area contributed by atoms with E-state index in [9.17, 15) is 14.4 Å². The molecule has 3 fully saturated rings. The third-order valence-corrected chi connectivity index (χ3v) is 7.58. The van der Waals surface area contributed by atoms with E-state index in [4.69, 9.17) is 5.11 Å². The number of aliphatic carboxylic acids is 1. The summed E-state index contributed by atoms with van der Waals surface area (Å²) < 4.78 is 0. The van der Waals surface area contributed by atoms with E-state index in [-0.39, 0.29) is 45.1 Å². The first-order chi connectivity index (χ1) is 8.43. The summed E-state index contributed by atoms with van der Waals surface area (Å²) >= 11 is 7.14. The van der Waals surface area contributed by atoms with Gasteiger partial charge in [-0.15, -0.1) is 0 Å². The van der Waals surface area contributed by atoms with Crippen molar-refractivity contribution in [3.05, 3.63) is 0 Å². The maximum Gasteiger partial charge on any atom is 0.323 e. The number of likely N-dealkylation sites (tertiary alicyclic amines) is 1. The summed E-state index contributed by atoms with van der Waals surface area (Å²) in [6, 6.07) is 0. The molecule has 1 aliphatic heterocycles. The van der Waals surface area contributed by atoms with E-state index in [1.54, 1.807) is 0 Å². The summed E-state index contributed by atoms with van der Waals surface area (Å²) in [4.78, 5) is 36.4. The Kier molecular flexibility index (Phi) is 2.82. The summed E-state index contributed by atoms with van der Waals surface area (Å²) in [5, 5.41) is 8.76. The van der Waals surface area contributed by atoms with Gasteiger partial charge in [0, 0.05) is 9.65 Å². The molecule has 0 radical (unpaired) electrons. The lowest BCUT2D eigenvalue weighted by molar-refractivity contribution is -0.149. The van der Waals surface area contributed by atoms with Crippen LogP contribution in [0.15, 0.2) is 0 Å². The van der Waals surface area contributed by atoms with Crippen LogP contribution in [0, 0.1) is 23.7 Å². The zero-order valence-electron chi connectivity index (χ0n) is 9.25. The number of halogens is 2. The third kappa shape index (κ3) is 1.46. The van der Waals surface area contributed by atoms with Gasteiger partial charge in [-0.2, -0.15) is 0 Å². The molecule has 2 bridgehead atoms. The van der Waals surface area contributed by atoms with Gasteiger partial charge in [0.05, 0.1) is 11.8 Å². The topological polar surface area (TPSA) is 74.7 Å². The van der Waals surface area contributed by atoms with E-state index in [2.05, 4.69) is 31.9 Å². The Morgan fingerprint density at radius 1 is 1.17 bits per heavy atom. The molecule has 1 N–H and O–H groups in total. The minimum atomic E-state index is -1.14. The lowest BCUT2D eigenvalue weighted by Crippen LogP contribution is -2.37. The van der Waals surface area contributed by atoms with Gasteiger partial charge in [-0.25, -0.2) is 0 Å². The van der Waals surface area contributed by atoms with Gasteiger partial charge >= 0.3 is 5.97 Å². The first-order valence-corrected chi connectivity index (χ1v) is 7.61. The van der Waals surface area contributed by atoms with Gasteiger partial charge in [0.1, 0.15) is 6.54 Å². The van der Waals surface area contributed by atoms with Crippen LogP contribution >= 0.6 is 31.9 Å². The SMILES string of the molecule is O=C(O)CN1C(=O)[C@H]2[C@@H]3C[C@@H]([C@@H](Br)[C@@H]3Br)[C@@H]2C1=O. The van der Waals surface area contributed by atoms with Crippen LogP contribution in [0.25, 0.3) is 0 Å². The van der Waals surface area contributed by atoms with Gasteiger partial charge in [0.25, 0.3) is 0 Å². The van der Waals surface area contributed by atoms with E-state index < -0.39 is 12.5 Å². The molecule has 7 heteroatoms. The zero-order chi connectivity index (χ0) is 13.2. The summed E-state index contributed by atoms with van der Waals surface area (Å²) in [7, 11) is 0. The molecule has 2 aliphatic carbocycles.